The lowest BCUT2D eigenvalue weighted by atomic mass is 9.94. The Morgan fingerprint density at radius 2 is 1.39 bits per heavy atom. The number of hydrogen-bond donors (Lipinski definition) is 2. The third kappa shape index (κ3) is 2.68. The van der Waals surface area contributed by atoms with Gasteiger partial charge in [-0.05, 0) is 35.0 Å². The van der Waals surface area contributed by atoms with Gasteiger partial charge in [0.15, 0.2) is 0 Å². The summed E-state index contributed by atoms with van der Waals surface area (Å²) < 4.78 is 5.81. The standard InChI is InChI=1S/C25H20N4O2/c1-3-21-26-11-18(28-21)15-7-13-5-6-14-8-16(19-12-27-22(4-2)29-19)10-20-24(14)23(13)17(9-15)25(30)31-20/h5-12H,3-4H2,1-2H3,(H,26,28)(H,27,29). The Kier molecular flexibility index (Phi) is 3.77. The van der Waals surface area contributed by atoms with Gasteiger partial charge in [-0.1, -0.05) is 26.0 Å². The lowest BCUT2D eigenvalue weighted by Crippen LogP contribution is -2.02. The highest BCUT2D eigenvalue weighted by atomic mass is 16.4. The van der Waals surface area contributed by atoms with Crippen LogP contribution in [0.25, 0.3) is 55.0 Å². The van der Waals surface area contributed by atoms with Crippen molar-refractivity contribution in [1.82, 2.24) is 19.9 Å². The number of aromatic amines is 2. The summed E-state index contributed by atoms with van der Waals surface area (Å²) in [6.07, 6.45) is 5.30. The number of benzene rings is 3. The van der Waals surface area contributed by atoms with Gasteiger partial charge >= 0.3 is 5.63 Å². The van der Waals surface area contributed by atoms with Crippen LogP contribution in [0.1, 0.15) is 25.5 Å². The Bertz CT molecular complexity index is 1640. The maximum absolute atomic E-state index is 13.0. The quantitative estimate of drug-likeness (QED) is 0.300. The van der Waals surface area contributed by atoms with Gasteiger partial charge in [-0.15, -0.1) is 0 Å². The molecule has 2 N–H and O–H groups in total. The molecule has 0 saturated heterocycles. The molecule has 6 rings (SSSR count). The van der Waals surface area contributed by atoms with Gasteiger partial charge in [0.1, 0.15) is 17.2 Å². The first-order chi connectivity index (χ1) is 15.1. The van der Waals surface area contributed by atoms with Gasteiger partial charge in [0.2, 0.25) is 0 Å². The molecular weight excluding hydrogens is 388 g/mol. The van der Waals surface area contributed by atoms with E-state index in [0.29, 0.717) is 11.0 Å². The van der Waals surface area contributed by atoms with E-state index in [0.717, 1.165) is 68.6 Å². The van der Waals surface area contributed by atoms with Crippen molar-refractivity contribution in [2.75, 3.05) is 0 Å². The molecule has 6 heteroatoms. The molecule has 0 aliphatic heterocycles. The Morgan fingerprint density at radius 1 is 0.806 bits per heavy atom. The van der Waals surface area contributed by atoms with Crippen molar-refractivity contribution in [2.24, 2.45) is 0 Å². The lowest BCUT2D eigenvalue weighted by molar-refractivity contribution is 0.570. The minimum atomic E-state index is -0.335. The average molecular weight is 408 g/mol. The zero-order valence-electron chi connectivity index (χ0n) is 17.2. The summed E-state index contributed by atoms with van der Waals surface area (Å²) in [6.45, 7) is 4.11. The van der Waals surface area contributed by atoms with Gasteiger partial charge in [0, 0.05) is 34.7 Å². The molecular formula is C25H20N4O2. The number of imidazole rings is 2. The van der Waals surface area contributed by atoms with Crippen LogP contribution < -0.4 is 5.63 Å². The number of aryl methyl sites for hydroxylation is 2. The van der Waals surface area contributed by atoms with E-state index in [2.05, 4.69) is 58.0 Å². The van der Waals surface area contributed by atoms with Crippen molar-refractivity contribution in [3.05, 3.63) is 70.9 Å². The van der Waals surface area contributed by atoms with E-state index in [9.17, 15) is 4.79 Å². The van der Waals surface area contributed by atoms with Crippen LogP contribution in [0.15, 0.2) is 58.0 Å². The van der Waals surface area contributed by atoms with Gasteiger partial charge in [-0.3, -0.25) is 0 Å². The predicted octanol–water partition coefficient (Wildman–Crippen LogP) is 5.44. The Balaban J connectivity index is 1.62. The molecule has 0 amide bonds. The van der Waals surface area contributed by atoms with Gasteiger partial charge < -0.3 is 14.4 Å². The first-order valence-corrected chi connectivity index (χ1v) is 10.5. The molecule has 0 radical (unpaired) electrons. The summed E-state index contributed by atoms with van der Waals surface area (Å²) in [6, 6.07) is 12.2. The fraction of sp³-hybridized carbons (Fsp3) is 0.160. The fourth-order valence-electron chi connectivity index (χ4n) is 4.38. The van der Waals surface area contributed by atoms with Crippen LogP contribution in [0.4, 0.5) is 0 Å². The lowest BCUT2D eigenvalue weighted by Gasteiger charge is -2.12. The van der Waals surface area contributed by atoms with E-state index in [1.165, 1.54) is 0 Å². The van der Waals surface area contributed by atoms with Crippen LogP contribution in [0.3, 0.4) is 0 Å². The van der Waals surface area contributed by atoms with Crippen LogP contribution in [0.5, 0.6) is 0 Å². The Morgan fingerprint density at radius 3 is 1.97 bits per heavy atom. The van der Waals surface area contributed by atoms with E-state index in [1.807, 2.05) is 24.5 Å². The molecule has 3 aromatic carbocycles. The van der Waals surface area contributed by atoms with E-state index in [4.69, 9.17) is 4.42 Å². The zero-order valence-corrected chi connectivity index (χ0v) is 17.2. The molecule has 3 aromatic heterocycles. The monoisotopic (exact) mass is 408 g/mol. The highest BCUT2D eigenvalue weighted by Gasteiger charge is 2.17. The molecule has 6 aromatic rings. The van der Waals surface area contributed by atoms with Crippen LogP contribution >= 0.6 is 0 Å². The number of hydrogen-bond acceptors (Lipinski definition) is 4. The summed E-state index contributed by atoms with van der Waals surface area (Å²) >= 11 is 0. The first-order valence-electron chi connectivity index (χ1n) is 10.5. The summed E-state index contributed by atoms with van der Waals surface area (Å²) in [4.78, 5) is 28.4. The van der Waals surface area contributed by atoms with Crippen LogP contribution in [-0.4, -0.2) is 19.9 Å². The second-order valence-corrected chi connectivity index (χ2v) is 7.84. The maximum atomic E-state index is 13.0. The fourth-order valence-corrected chi connectivity index (χ4v) is 4.38. The van der Waals surface area contributed by atoms with Crippen molar-refractivity contribution in [3.63, 3.8) is 0 Å². The molecule has 0 fully saturated rings. The molecule has 0 aliphatic carbocycles. The van der Waals surface area contributed by atoms with Crippen molar-refractivity contribution in [1.29, 1.82) is 0 Å². The minimum Gasteiger partial charge on any atom is -0.422 e. The molecule has 0 bridgehead atoms. The SMILES string of the molecule is CCc1ncc(-c2cc3ccc4cc(-c5cnc(CC)[nH]5)cc5c(=O)oc(c2)c3c45)[nH]1. The molecule has 0 saturated carbocycles. The minimum absolute atomic E-state index is 0.335. The number of rotatable bonds is 4. The topological polar surface area (TPSA) is 87.6 Å². The molecule has 0 atom stereocenters. The summed E-state index contributed by atoms with van der Waals surface area (Å²) in [7, 11) is 0. The summed E-state index contributed by atoms with van der Waals surface area (Å²) in [5.41, 5.74) is 3.94. The number of nitrogens with one attached hydrogen (secondary N) is 2. The first kappa shape index (κ1) is 17.9. The predicted molar refractivity (Wildman–Crippen MR) is 123 cm³/mol. The highest BCUT2D eigenvalue weighted by Crippen LogP contribution is 2.37. The molecule has 6 nitrogen and oxygen atoms in total. The van der Waals surface area contributed by atoms with Gasteiger partial charge in [-0.25, -0.2) is 14.8 Å². The maximum Gasteiger partial charge on any atom is 0.344 e. The molecule has 31 heavy (non-hydrogen) atoms. The van der Waals surface area contributed by atoms with Crippen molar-refractivity contribution >= 4 is 32.5 Å². The van der Waals surface area contributed by atoms with E-state index >= 15 is 0 Å². The zero-order chi connectivity index (χ0) is 21.1. The van der Waals surface area contributed by atoms with E-state index in [1.54, 1.807) is 0 Å². The number of aromatic nitrogens is 4. The number of H-pyrrole nitrogens is 2. The normalized spacial score (nSPS) is 11.9. The number of nitrogens with zero attached hydrogens (tertiary/aromatic N) is 2. The summed E-state index contributed by atoms with van der Waals surface area (Å²) in [5, 5.41) is 4.53. The van der Waals surface area contributed by atoms with Crippen molar-refractivity contribution in [2.45, 2.75) is 26.7 Å². The average Bonchev–Trinajstić information content (AvgIpc) is 3.47. The van der Waals surface area contributed by atoms with E-state index in [-0.39, 0.29) is 5.63 Å². The van der Waals surface area contributed by atoms with Crippen molar-refractivity contribution < 1.29 is 4.42 Å². The highest BCUT2D eigenvalue weighted by molar-refractivity contribution is 6.22. The Labute approximate surface area is 177 Å². The third-order valence-corrected chi connectivity index (χ3v) is 5.97. The van der Waals surface area contributed by atoms with Crippen molar-refractivity contribution in [3.8, 4) is 22.5 Å². The molecule has 0 aliphatic rings. The van der Waals surface area contributed by atoms with Gasteiger partial charge in [0.25, 0.3) is 0 Å². The molecule has 3 heterocycles. The second kappa shape index (κ2) is 6.54. The largest absolute Gasteiger partial charge is 0.422 e. The molecule has 0 spiro atoms. The summed E-state index contributed by atoms with van der Waals surface area (Å²) in [5.74, 6) is 1.85. The molecule has 152 valence electrons. The molecule has 0 unspecified atom stereocenters. The second-order valence-electron chi connectivity index (χ2n) is 7.84. The smallest absolute Gasteiger partial charge is 0.344 e. The van der Waals surface area contributed by atoms with Crippen LogP contribution in [-0.2, 0) is 12.8 Å². The van der Waals surface area contributed by atoms with Gasteiger partial charge in [-0.2, -0.15) is 0 Å². The van der Waals surface area contributed by atoms with Crippen LogP contribution in [0, 0.1) is 0 Å². The van der Waals surface area contributed by atoms with Gasteiger partial charge in [0.05, 0.1) is 29.2 Å². The third-order valence-electron chi connectivity index (χ3n) is 5.97. The van der Waals surface area contributed by atoms with E-state index < -0.39 is 0 Å². The Hall–Kier alpha value is -3.93. The van der Waals surface area contributed by atoms with Crippen LogP contribution in [0.2, 0.25) is 0 Å².